The van der Waals surface area contributed by atoms with E-state index in [4.69, 9.17) is 4.74 Å². The van der Waals surface area contributed by atoms with E-state index in [0.717, 1.165) is 33.0 Å². The molecule has 0 aliphatic rings. The molecule has 0 unspecified atom stereocenters. The van der Waals surface area contributed by atoms with Crippen LogP contribution in [-0.4, -0.2) is 51.4 Å². The molecule has 4 aromatic rings. The highest BCUT2D eigenvalue weighted by molar-refractivity contribution is 7.92. The van der Waals surface area contributed by atoms with Gasteiger partial charge in [-0.3, -0.25) is 13.9 Å². The summed E-state index contributed by atoms with van der Waals surface area (Å²) < 4.78 is 35.1. The maximum Gasteiger partial charge on any atom is 0.264 e. The molecule has 0 aliphatic carbocycles. The zero-order valence-corrected chi connectivity index (χ0v) is 28.7. The molecule has 0 fully saturated rings. The van der Waals surface area contributed by atoms with Gasteiger partial charge in [0.05, 0.1) is 17.7 Å². The first-order valence-corrected chi connectivity index (χ1v) is 17.4. The number of anilines is 1. The van der Waals surface area contributed by atoms with Crippen LogP contribution in [0.5, 0.6) is 5.75 Å². The summed E-state index contributed by atoms with van der Waals surface area (Å²) in [5.74, 6) is 0.0375. The molecule has 8 nitrogen and oxygen atoms in total. The number of amides is 2. The first-order chi connectivity index (χ1) is 22.5. The molecule has 248 valence electrons. The van der Waals surface area contributed by atoms with Crippen molar-refractivity contribution in [3.05, 3.63) is 125 Å². The van der Waals surface area contributed by atoms with Gasteiger partial charge in [0, 0.05) is 19.5 Å². The Morgan fingerprint density at radius 1 is 0.851 bits per heavy atom. The number of hydrogen-bond acceptors (Lipinski definition) is 5. The van der Waals surface area contributed by atoms with E-state index in [1.165, 1.54) is 4.90 Å². The van der Waals surface area contributed by atoms with Crippen LogP contribution in [0.1, 0.15) is 55.4 Å². The van der Waals surface area contributed by atoms with E-state index < -0.39 is 28.5 Å². The third kappa shape index (κ3) is 9.23. The van der Waals surface area contributed by atoms with Crippen molar-refractivity contribution in [2.75, 3.05) is 24.5 Å². The van der Waals surface area contributed by atoms with Crippen molar-refractivity contribution < 1.29 is 22.7 Å². The van der Waals surface area contributed by atoms with Gasteiger partial charge in [-0.25, -0.2) is 8.42 Å². The molecule has 47 heavy (non-hydrogen) atoms. The van der Waals surface area contributed by atoms with Gasteiger partial charge >= 0.3 is 0 Å². The Morgan fingerprint density at radius 3 is 2.13 bits per heavy atom. The van der Waals surface area contributed by atoms with Gasteiger partial charge in [0.15, 0.2) is 0 Å². The smallest absolute Gasteiger partial charge is 0.264 e. The lowest BCUT2D eigenvalue weighted by Crippen LogP contribution is -2.53. The molecule has 9 heteroatoms. The SMILES string of the molecule is CCCNC(=O)[C@H](Cc1ccccc1)N(Cc1cccc(OC)c1)C(=O)CN(c1ccc(C(C)C)cc1)S(=O)(=O)c1ccc(C)cc1. The zero-order chi connectivity index (χ0) is 34.0. The van der Waals surface area contributed by atoms with Crippen molar-refractivity contribution in [1.29, 1.82) is 0 Å². The number of benzene rings is 4. The van der Waals surface area contributed by atoms with Crippen LogP contribution in [0, 0.1) is 6.92 Å². The van der Waals surface area contributed by atoms with Gasteiger partial charge in [0.2, 0.25) is 11.8 Å². The van der Waals surface area contributed by atoms with E-state index >= 15 is 0 Å². The van der Waals surface area contributed by atoms with E-state index in [2.05, 4.69) is 19.2 Å². The van der Waals surface area contributed by atoms with Crippen molar-refractivity contribution in [3.63, 3.8) is 0 Å². The zero-order valence-electron chi connectivity index (χ0n) is 27.8. The van der Waals surface area contributed by atoms with Crippen molar-refractivity contribution in [1.82, 2.24) is 10.2 Å². The Kier molecular flexibility index (Phi) is 12.2. The predicted octanol–water partition coefficient (Wildman–Crippen LogP) is 6.49. The average Bonchev–Trinajstić information content (AvgIpc) is 3.08. The van der Waals surface area contributed by atoms with Gasteiger partial charge in [-0.05, 0) is 72.4 Å². The van der Waals surface area contributed by atoms with Gasteiger partial charge in [-0.15, -0.1) is 0 Å². The Balaban J connectivity index is 1.81. The number of carbonyl (C=O) groups excluding carboxylic acids is 2. The summed E-state index contributed by atoms with van der Waals surface area (Å²) in [7, 11) is -2.60. The molecule has 0 spiro atoms. The molecular formula is C38H45N3O5S. The van der Waals surface area contributed by atoms with Crippen LogP contribution in [0.15, 0.2) is 108 Å². The first-order valence-electron chi connectivity index (χ1n) is 16.0. The van der Waals surface area contributed by atoms with Gasteiger partial charge in [-0.2, -0.15) is 0 Å². The number of methoxy groups -OCH3 is 1. The van der Waals surface area contributed by atoms with Crippen molar-refractivity contribution in [3.8, 4) is 5.75 Å². The first kappa shape index (κ1) is 35.2. The van der Waals surface area contributed by atoms with Crippen LogP contribution >= 0.6 is 0 Å². The molecule has 0 saturated heterocycles. The third-order valence-electron chi connectivity index (χ3n) is 8.04. The Morgan fingerprint density at radius 2 is 1.51 bits per heavy atom. The molecule has 0 aliphatic heterocycles. The van der Waals surface area contributed by atoms with Crippen molar-refractivity contribution >= 4 is 27.5 Å². The maximum absolute atomic E-state index is 14.6. The molecule has 0 bridgehead atoms. The fraction of sp³-hybridized carbons (Fsp3) is 0.316. The van der Waals surface area contributed by atoms with E-state index in [0.29, 0.717) is 18.0 Å². The lowest BCUT2D eigenvalue weighted by molar-refractivity contribution is -0.140. The molecule has 0 saturated carbocycles. The quantitative estimate of drug-likeness (QED) is 0.158. The fourth-order valence-electron chi connectivity index (χ4n) is 5.28. The number of nitrogens with one attached hydrogen (secondary N) is 1. The third-order valence-corrected chi connectivity index (χ3v) is 9.83. The topological polar surface area (TPSA) is 96.0 Å². The number of rotatable bonds is 15. The number of aryl methyl sites for hydroxylation is 1. The highest BCUT2D eigenvalue weighted by atomic mass is 32.2. The summed E-state index contributed by atoms with van der Waals surface area (Å²) in [5, 5.41) is 2.97. The predicted molar refractivity (Wildman–Crippen MR) is 187 cm³/mol. The van der Waals surface area contributed by atoms with Crippen molar-refractivity contribution in [2.24, 2.45) is 0 Å². The average molecular weight is 656 g/mol. The molecule has 1 atom stereocenters. The van der Waals surface area contributed by atoms with Gasteiger partial charge in [0.1, 0.15) is 18.3 Å². The number of ether oxygens (including phenoxy) is 1. The molecule has 2 amide bonds. The highest BCUT2D eigenvalue weighted by Gasteiger charge is 2.34. The molecule has 0 radical (unpaired) electrons. The number of sulfonamides is 1. The molecule has 1 N–H and O–H groups in total. The normalized spacial score (nSPS) is 12.0. The number of hydrogen-bond donors (Lipinski definition) is 1. The van der Waals surface area contributed by atoms with Crippen LogP contribution in [0.3, 0.4) is 0 Å². The minimum Gasteiger partial charge on any atom is -0.497 e. The minimum atomic E-state index is -4.17. The Labute approximate surface area is 279 Å². The van der Waals surface area contributed by atoms with E-state index in [1.807, 2.05) is 80.6 Å². The summed E-state index contributed by atoms with van der Waals surface area (Å²) in [4.78, 5) is 30.0. The van der Waals surface area contributed by atoms with Crippen LogP contribution in [0.2, 0.25) is 0 Å². The van der Waals surface area contributed by atoms with Gasteiger partial charge in [-0.1, -0.05) is 93.1 Å². The second kappa shape index (κ2) is 16.3. The fourth-order valence-corrected chi connectivity index (χ4v) is 6.69. The molecule has 4 aromatic carbocycles. The van der Waals surface area contributed by atoms with E-state index in [1.54, 1.807) is 43.5 Å². The minimum absolute atomic E-state index is 0.0672. The largest absolute Gasteiger partial charge is 0.497 e. The second-order valence-electron chi connectivity index (χ2n) is 11.9. The van der Waals surface area contributed by atoms with Crippen molar-refractivity contribution in [2.45, 2.75) is 63.9 Å². The summed E-state index contributed by atoms with van der Waals surface area (Å²) in [6, 6.07) is 29.7. The van der Waals surface area contributed by atoms with Crippen LogP contribution in [0.4, 0.5) is 5.69 Å². The monoisotopic (exact) mass is 655 g/mol. The second-order valence-corrected chi connectivity index (χ2v) is 13.8. The van der Waals surface area contributed by atoms with E-state index in [-0.39, 0.29) is 29.7 Å². The van der Waals surface area contributed by atoms with Crippen LogP contribution in [0.25, 0.3) is 0 Å². The lowest BCUT2D eigenvalue weighted by atomic mass is 10.0. The van der Waals surface area contributed by atoms with Crippen LogP contribution in [-0.2, 0) is 32.6 Å². The lowest BCUT2D eigenvalue weighted by Gasteiger charge is -2.34. The molecule has 0 aromatic heterocycles. The summed E-state index contributed by atoms with van der Waals surface area (Å²) >= 11 is 0. The Hall–Kier alpha value is -4.63. The standard InChI is InChI=1S/C38H45N3O5S/c1-6-23-39-38(43)36(25-30-11-8-7-9-12-30)40(26-31-13-10-14-34(24-31)46-5)37(42)27-41(33-19-17-32(18-20-33)28(2)3)47(44,45)35-21-15-29(4)16-22-35/h7-22,24,28,36H,6,23,25-27H2,1-5H3,(H,39,43)/t36-/m0/s1. The summed E-state index contributed by atoms with van der Waals surface area (Å²) in [6.45, 7) is 7.98. The van der Waals surface area contributed by atoms with Gasteiger partial charge < -0.3 is 15.0 Å². The number of nitrogens with zero attached hydrogens (tertiary/aromatic N) is 2. The molecule has 4 rings (SSSR count). The summed E-state index contributed by atoms with van der Waals surface area (Å²) in [5.41, 5.74) is 3.94. The van der Waals surface area contributed by atoms with E-state index in [9.17, 15) is 18.0 Å². The highest BCUT2D eigenvalue weighted by Crippen LogP contribution is 2.27. The molecule has 0 heterocycles. The summed E-state index contributed by atoms with van der Waals surface area (Å²) in [6.07, 6.45) is 0.975. The maximum atomic E-state index is 14.6. The van der Waals surface area contributed by atoms with Crippen LogP contribution < -0.4 is 14.4 Å². The van der Waals surface area contributed by atoms with Gasteiger partial charge in [0.25, 0.3) is 10.0 Å². The number of carbonyl (C=O) groups is 2. The Bertz CT molecular complexity index is 1720. The molecular weight excluding hydrogens is 611 g/mol.